The summed E-state index contributed by atoms with van der Waals surface area (Å²) in [6.45, 7) is 4.82. The lowest BCUT2D eigenvalue weighted by Crippen LogP contribution is -2.36. The van der Waals surface area contributed by atoms with Crippen LogP contribution in [0.2, 0.25) is 0 Å². The summed E-state index contributed by atoms with van der Waals surface area (Å²) < 4.78 is 2.04. The second kappa shape index (κ2) is 9.18. The van der Waals surface area contributed by atoms with Crippen LogP contribution in [0.4, 0.5) is 0 Å². The molecule has 0 aliphatic carbocycles. The Hall–Kier alpha value is -3.13. The van der Waals surface area contributed by atoms with Crippen molar-refractivity contribution in [1.29, 1.82) is 0 Å². The van der Waals surface area contributed by atoms with E-state index in [9.17, 15) is 9.90 Å². The van der Waals surface area contributed by atoms with Gasteiger partial charge in [-0.1, -0.05) is 29.8 Å². The van der Waals surface area contributed by atoms with Crippen LogP contribution in [0.25, 0.3) is 11.4 Å². The lowest BCUT2D eigenvalue weighted by atomic mass is 10.1. The van der Waals surface area contributed by atoms with E-state index in [0.717, 1.165) is 23.1 Å². The number of amides is 1. The molecule has 3 rings (SSSR count). The van der Waals surface area contributed by atoms with Gasteiger partial charge in [-0.15, -0.1) is 5.10 Å². The summed E-state index contributed by atoms with van der Waals surface area (Å²) >= 11 is 1.34. The number of thioether (sulfide) groups is 1. The molecular weight excluding hydrogens is 374 g/mol. The number of aromatic hydroxyl groups is 1. The molecule has 0 atom stereocenters. The van der Waals surface area contributed by atoms with Crippen molar-refractivity contribution in [3.05, 3.63) is 59.7 Å². The first kappa shape index (κ1) is 19.6. The second-order valence-electron chi connectivity index (χ2n) is 6.14. The number of carbonyl (C=O) groups excluding carboxylic acids is 1. The monoisotopic (exact) mass is 396 g/mol. The average Bonchev–Trinajstić information content (AvgIpc) is 3.10. The lowest BCUT2D eigenvalue weighted by molar-refractivity contribution is -0.719. The third-order valence-corrected chi connectivity index (χ3v) is 4.98. The second-order valence-corrected chi connectivity index (χ2v) is 7.08. The third-order valence-electron chi connectivity index (χ3n) is 4.00. The number of phenols is 1. The number of phenolic OH excluding ortho intramolecular Hbond substituents is 1. The summed E-state index contributed by atoms with van der Waals surface area (Å²) in [5.74, 6) is 1.02. The maximum atomic E-state index is 12.0. The molecule has 3 N–H and O–H groups in total. The fourth-order valence-corrected chi connectivity index (χ4v) is 3.41. The zero-order valence-electron chi connectivity index (χ0n) is 15.7. The van der Waals surface area contributed by atoms with Gasteiger partial charge < -0.3 is 5.11 Å². The molecule has 2 aromatic carbocycles. The van der Waals surface area contributed by atoms with E-state index in [-0.39, 0.29) is 17.4 Å². The molecule has 0 bridgehead atoms. The molecule has 0 saturated carbocycles. The van der Waals surface area contributed by atoms with Gasteiger partial charge in [-0.25, -0.2) is 9.99 Å². The highest BCUT2D eigenvalue weighted by molar-refractivity contribution is 7.99. The van der Waals surface area contributed by atoms with Gasteiger partial charge >= 0.3 is 5.16 Å². The number of hydrazone groups is 1. The van der Waals surface area contributed by atoms with Gasteiger partial charge in [0.25, 0.3) is 11.7 Å². The molecule has 0 radical (unpaired) electrons. The topological polar surface area (TPSA) is 94.2 Å². The highest BCUT2D eigenvalue weighted by Gasteiger charge is 2.21. The minimum atomic E-state index is -0.232. The van der Waals surface area contributed by atoms with E-state index in [4.69, 9.17) is 0 Å². The zero-order chi connectivity index (χ0) is 19.9. The first-order valence-corrected chi connectivity index (χ1v) is 9.84. The summed E-state index contributed by atoms with van der Waals surface area (Å²) in [6, 6.07) is 14.8. The van der Waals surface area contributed by atoms with Crippen LogP contribution in [0.3, 0.4) is 0 Å². The summed E-state index contributed by atoms with van der Waals surface area (Å²) in [5, 5.41) is 21.5. The van der Waals surface area contributed by atoms with Gasteiger partial charge in [-0.05, 0) is 55.4 Å². The first-order valence-electron chi connectivity index (χ1n) is 8.86. The number of nitrogens with zero attached hydrogens (tertiary/aromatic N) is 3. The average molecular weight is 396 g/mol. The van der Waals surface area contributed by atoms with Gasteiger partial charge in [0, 0.05) is 0 Å². The van der Waals surface area contributed by atoms with E-state index >= 15 is 0 Å². The molecule has 8 heteroatoms. The van der Waals surface area contributed by atoms with Gasteiger partial charge in [0.2, 0.25) is 0 Å². The molecule has 0 aliphatic rings. The Morgan fingerprint density at radius 2 is 2.11 bits per heavy atom. The molecule has 28 heavy (non-hydrogen) atoms. The molecule has 7 nitrogen and oxygen atoms in total. The van der Waals surface area contributed by atoms with Crippen molar-refractivity contribution in [3.8, 4) is 17.1 Å². The Kier molecular flexibility index (Phi) is 6.44. The number of rotatable bonds is 7. The summed E-state index contributed by atoms with van der Waals surface area (Å²) in [7, 11) is 0. The van der Waals surface area contributed by atoms with Crippen LogP contribution in [0.15, 0.2) is 58.8 Å². The van der Waals surface area contributed by atoms with Crippen molar-refractivity contribution in [3.63, 3.8) is 0 Å². The maximum Gasteiger partial charge on any atom is 0.337 e. The van der Waals surface area contributed by atoms with Crippen molar-refractivity contribution >= 4 is 23.9 Å². The Balaban J connectivity index is 1.59. The van der Waals surface area contributed by atoms with E-state index in [2.05, 4.69) is 32.9 Å². The summed E-state index contributed by atoms with van der Waals surface area (Å²) in [6.07, 6.45) is 1.48. The van der Waals surface area contributed by atoms with Crippen molar-refractivity contribution in [2.45, 2.75) is 25.5 Å². The number of aryl methyl sites for hydroxylation is 1. The number of aromatic nitrogens is 3. The van der Waals surface area contributed by atoms with Crippen LogP contribution in [0.1, 0.15) is 18.1 Å². The normalized spacial score (nSPS) is 11.1. The van der Waals surface area contributed by atoms with E-state index in [1.807, 2.05) is 30.5 Å². The van der Waals surface area contributed by atoms with Gasteiger partial charge in [0.15, 0.2) is 0 Å². The molecule has 3 aromatic rings. The zero-order valence-corrected chi connectivity index (χ0v) is 16.5. The smallest absolute Gasteiger partial charge is 0.337 e. The largest absolute Gasteiger partial charge is 0.508 e. The number of nitrogens with one attached hydrogen (secondary N) is 2. The fourth-order valence-electron chi connectivity index (χ4n) is 2.60. The maximum absolute atomic E-state index is 12.0. The van der Waals surface area contributed by atoms with Crippen LogP contribution in [-0.4, -0.2) is 33.2 Å². The molecule has 1 aromatic heterocycles. The molecule has 0 saturated heterocycles. The molecule has 0 fully saturated rings. The number of benzene rings is 2. The molecule has 1 heterocycles. The number of aromatic amines is 1. The Morgan fingerprint density at radius 1 is 1.32 bits per heavy atom. The van der Waals surface area contributed by atoms with E-state index in [1.54, 1.807) is 24.3 Å². The predicted octanol–water partition coefficient (Wildman–Crippen LogP) is 2.64. The van der Waals surface area contributed by atoms with Crippen LogP contribution in [0.5, 0.6) is 5.75 Å². The minimum Gasteiger partial charge on any atom is -0.508 e. The third kappa shape index (κ3) is 4.98. The molecule has 0 unspecified atom stereocenters. The fraction of sp³-hybridized carbons (Fsp3) is 0.200. The highest BCUT2D eigenvalue weighted by Crippen LogP contribution is 2.18. The number of H-pyrrole nitrogens is 1. The quantitative estimate of drug-likeness (QED) is 0.248. The van der Waals surface area contributed by atoms with Crippen molar-refractivity contribution in [2.75, 3.05) is 5.75 Å². The SMILES string of the molecule is CC[n+]1c(SCC(=O)NN=Cc2cccc(O)c2)n[nH]c1-c1ccc(C)cc1. The van der Waals surface area contributed by atoms with E-state index < -0.39 is 0 Å². The van der Waals surface area contributed by atoms with Crippen LogP contribution >= 0.6 is 11.8 Å². The summed E-state index contributed by atoms with van der Waals surface area (Å²) in [4.78, 5) is 12.0. The summed E-state index contributed by atoms with van der Waals surface area (Å²) in [5.41, 5.74) is 5.43. The molecule has 144 valence electrons. The minimum absolute atomic E-state index is 0.151. The van der Waals surface area contributed by atoms with Crippen molar-refractivity contribution in [1.82, 2.24) is 15.6 Å². The highest BCUT2D eigenvalue weighted by atomic mass is 32.2. The molecular formula is C20H22N5O2S+. The number of hydrogen-bond donors (Lipinski definition) is 3. The van der Waals surface area contributed by atoms with E-state index in [1.165, 1.54) is 23.5 Å². The Labute approximate surface area is 167 Å². The molecule has 0 aliphatic heterocycles. The van der Waals surface area contributed by atoms with Gasteiger partial charge in [0.1, 0.15) is 5.75 Å². The van der Waals surface area contributed by atoms with Crippen LogP contribution in [-0.2, 0) is 11.3 Å². The standard InChI is InChI=1S/C20H21N5O2S/c1-3-25-19(16-9-7-14(2)8-10-16)23-24-20(25)28-13-18(27)22-21-12-15-5-4-6-17(26)11-15/h4-12H,3,13H2,1-2H3,(H2,22,26,27)/p+1. The lowest BCUT2D eigenvalue weighted by Gasteiger charge is -2.02. The van der Waals surface area contributed by atoms with Crippen molar-refractivity contribution < 1.29 is 14.5 Å². The van der Waals surface area contributed by atoms with E-state index in [0.29, 0.717) is 5.56 Å². The van der Waals surface area contributed by atoms with Crippen LogP contribution in [0, 0.1) is 6.92 Å². The molecule has 1 amide bonds. The predicted molar refractivity (Wildman–Crippen MR) is 109 cm³/mol. The Morgan fingerprint density at radius 3 is 2.82 bits per heavy atom. The van der Waals surface area contributed by atoms with Crippen molar-refractivity contribution in [2.24, 2.45) is 5.10 Å². The number of hydrogen-bond acceptors (Lipinski definition) is 5. The molecule has 0 spiro atoms. The Bertz CT molecular complexity index is 983. The number of carbonyl (C=O) groups is 1. The van der Waals surface area contributed by atoms with Gasteiger partial charge in [0.05, 0.1) is 29.2 Å². The first-order chi connectivity index (χ1) is 13.6. The van der Waals surface area contributed by atoms with Gasteiger partial charge in [-0.2, -0.15) is 5.10 Å². The van der Waals surface area contributed by atoms with Gasteiger partial charge in [-0.3, -0.25) is 4.79 Å². The van der Waals surface area contributed by atoms with Crippen LogP contribution < -0.4 is 9.99 Å².